The van der Waals surface area contributed by atoms with Gasteiger partial charge in [0.25, 0.3) is 6.43 Å². The molecule has 0 bridgehead atoms. The van der Waals surface area contributed by atoms with Crippen LogP contribution < -0.4 is 4.74 Å². The molecule has 0 N–H and O–H groups in total. The Morgan fingerprint density at radius 3 is 2.65 bits per heavy atom. The summed E-state index contributed by atoms with van der Waals surface area (Å²) in [5.41, 5.74) is -1.72. The summed E-state index contributed by atoms with van der Waals surface area (Å²) in [6.45, 7) is 1.69. The highest BCUT2D eigenvalue weighted by Gasteiger charge is 2.27. The predicted octanol–water partition coefficient (Wildman–Crippen LogP) is 2.04. The van der Waals surface area contributed by atoms with Gasteiger partial charge in [-0.3, -0.25) is 14.9 Å². The van der Waals surface area contributed by atoms with Gasteiger partial charge in [0.15, 0.2) is 5.69 Å². The molecule has 1 aromatic heterocycles. The van der Waals surface area contributed by atoms with Gasteiger partial charge in [-0.05, 0) is 6.92 Å². The third-order valence-electron chi connectivity index (χ3n) is 2.27. The molecule has 0 saturated heterocycles. The van der Waals surface area contributed by atoms with E-state index in [2.05, 4.69) is 14.5 Å². The molecule has 0 aliphatic carbocycles. The minimum atomic E-state index is -3.06. The minimum Gasteiger partial charge on any atom is -0.489 e. The fraction of sp³-hybridized carbons (Fsp3) is 0.455. The lowest BCUT2D eigenvalue weighted by Gasteiger charge is -2.09. The second-order valence-corrected chi connectivity index (χ2v) is 3.59. The summed E-state index contributed by atoms with van der Waals surface area (Å²) < 4.78 is 34.9. The van der Waals surface area contributed by atoms with E-state index in [0.29, 0.717) is 0 Å². The van der Waals surface area contributed by atoms with Gasteiger partial charge < -0.3 is 9.47 Å². The van der Waals surface area contributed by atoms with Gasteiger partial charge in [0.2, 0.25) is 5.75 Å². The Balaban J connectivity index is 3.27. The molecule has 9 heteroatoms. The van der Waals surface area contributed by atoms with Crippen LogP contribution in [0.15, 0.2) is 6.07 Å². The van der Waals surface area contributed by atoms with Crippen molar-refractivity contribution in [1.29, 1.82) is 0 Å². The maximum atomic E-state index is 12.8. The van der Waals surface area contributed by atoms with Crippen molar-refractivity contribution in [3.63, 3.8) is 0 Å². The van der Waals surface area contributed by atoms with Crippen molar-refractivity contribution in [3.05, 3.63) is 27.6 Å². The number of pyridine rings is 1. The van der Waals surface area contributed by atoms with E-state index >= 15 is 0 Å². The van der Waals surface area contributed by atoms with Gasteiger partial charge in [0, 0.05) is 6.07 Å². The number of hydrogen-bond acceptors (Lipinski definition) is 6. The second kappa shape index (κ2) is 6.73. The van der Waals surface area contributed by atoms with Crippen LogP contribution in [0.2, 0.25) is 0 Å². The highest BCUT2D eigenvalue weighted by atomic mass is 19.3. The molecule has 0 atom stereocenters. The zero-order chi connectivity index (χ0) is 15.3. The first-order valence-corrected chi connectivity index (χ1v) is 5.56. The van der Waals surface area contributed by atoms with E-state index in [9.17, 15) is 23.7 Å². The Morgan fingerprint density at radius 2 is 2.20 bits per heavy atom. The summed E-state index contributed by atoms with van der Waals surface area (Å²) in [4.78, 5) is 24.8. The van der Waals surface area contributed by atoms with Crippen LogP contribution in [0.1, 0.15) is 24.7 Å². The summed E-state index contributed by atoms with van der Waals surface area (Å²) in [6.07, 6.45) is -3.50. The number of halogens is 2. The SMILES string of the molecule is CCOC(=O)Cc1cc([N+](=O)[O-])c(OC)c(C(F)F)n1. The van der Waals surface area contributed by atoms with Gasteiger partial charge in [-0.1, -0.05) is 0 Å². The fourth-order valence-electron chi connectivity index (χ4n) is 1.54. The molecule has 0 aromatic carbocycles. The quantitative estimate of drug-likeness (QED) is 0.452. The Bertz CT molecular complexity index is 522. The van der Waals surface area contributed by atoms with Gasteiger partial charge in [-0.15, -0.1) is 0 Å². The largest absolute Gasteiger partial charge is 0.489 e. The smallest absolute Gasteiger partial charge is 0.314 e. The lowest BCUT2D eigenvalue weighted by atomic mass is 10.2. The van der Waals surface area contributed by atoms with E-state index in [1.54, 1.807) is 6.92 Å². The van der Waals surface area contributed by atoms with E-state index in [1.165, 1.54) is 0 Å². The van der Waals surface area contributed by atoms with Crippen LogP contribution in [0.4, 0.5) is 14.5 Å². The summed E-state index contributed by atoms with van der Waals surface area (Å²) in [7, 11) is 1.03. The number of ether oxygens (including phenoxy) is 2. The number of esters is 1. The normalized spacial score (nSPS) is 10.4. The average molecular weight is 290 g/mol. The molecule has 0 fully saturated rings. The number of methoxy groups -OCH3 is 1. The molecule has 1 rings (SSSR count). The molecule has 1 heterocycles. The molecule has 110 valence electrons. The van der Waals surface area contributed by atoms with Gasteiger partial charge >= 0.3 is 11.7 Å². The zero-order valence-electron chi connectivity index (χ0n) is 10.8. The summed E-state index contributed by atoms with van der Waals surface area (Å²) >= 11 is 0. The number of aromatic nitrogens is 1. The molecule has 0 saturated carbocycles. The number of rotatable bonds is 6. The van der Waals surface area contributed by atoms with Crippen molar-refractivity contribution in [1.82, 2.24) is 4.98 Å². The summed E-state index contributed by atoms with van der Waals surface area (Å²) in [5, 5.41) is 10.9. The van der Waals surface area contributed by atoms with E-state index < -0.39 is 40.9 Å². The number of hydrogen-bond donors (Lipinski definition) is 0. The first kappa shape index (κ1) is 15.7. The standard InChI is InChI=1S/C11H12F2N2O5/c1-3-20-8(16)5-6-4-7(15(17)18)10(19-2)9(14-6)11(12)13/h4,11H,3,5H2,1-2H3. The van der Waals surface area contributed by atoms with Crippen LogP contribution >= 0.6 is 0 Å². The van der Waals surface area contributed by atoms with Crippen molar-refractivity contribution < 1.29 is 28.0 Å². The van der Waals surface area contributed by atoms with Gasteiger partial charge in [0.1, 0.15) is 0 Å². The first-order valence-electron chi connectivity index (χ1n) is 5.56. The molecule has 0 unspecified atom stereocenters. The van der Waals surface area contributed by atoms with Crippen LogP contribution in [0, 0.1) is 10.1 Å². The van der Waals surface area contributed by atoms with Crippen molar-refractivity contribution in [2.24, 2.45) is 0 Å². The topological polar surface area (TPSA) is 91.6 Å². The average Bonchev–Trinajstić information content (AvgIpc) is 2.37. The van der Waals surface area contributed by atoms with Crippen molar-refractivity contribution >= 4 is 11.7 Å². The first-order chi connectivity index (χ1) is 9.40. The Morgan fingerprint density at radius 1 is 1.55 bits per heavy atom. The van der Waals surface area contributed by atoms with E-state index in [0.717, 1.165) is 13.2 Å². The molecule has 1 aromatic rings. The van der Waals surface area contributed by atoms with E-state index in [1.807, 2.05) is 0 Å². The lowest BCUT2D eigenvalue weighted by molar-refractivity contribution is -0.386. The monoisotopic (exact) mass is 290 g/mol. The predicted molar refractivity (Wildman–Crippen MR) is 62.7 cm³/mol. The molecule has 0 amide bonds. The second-order valence-electron chi connectivity index (χ2n) is 3.59. The third-order valence-corrected chi connectivity index (χ3v) is 2.27. The molecular weight excluding hydrogens is 278 g/mol. The summed E-state index contributed by atoms with van der Waals surface area (Å²) in [5.74, 6) is -1.32. The number of alkyl halides is 2. The fourth-order valence-corrected chi connectivity index (χ4v) is 1.54. The highest BCUT2D eigenvalue weighted by Crippen LogP contribution is 2.35. The minimum absolute atomic E-state index is 0.110. The Labute approximate surface area is 112 Å². The number of nitrogens with zero attached hydrogens (tertiary/aromatic N) is 2. The van der Waals surface area contributed by atoms with E-state index in [4.69, 9.17) is 0 Å². The maximum absolute atomic E-state index is 12.8. The summed E-state index contributed by atoms with van der Waals surface area (Å²) in [6, 6.07) is 0.918. The van der Waals surface area contributed by atoms with Crippen LogP contribution in [0.5, 0.6) is 5.75 Å². The van der Waals surface area contributed by atoms with Crippen molar-refractivity contribution in [2.45, 2.75) is 19.8 Å². The Kier molecular flexibility index (Phi) is 5.30. The third kappa shape index (κ3) is 3.59. The highest BCUT2D eigenvalue weighted by molar-refractivity contribution is 5.72. The number of carbonyl (C=O) groups is 1. The van der Waals surface area contributed by atoms with Gasteiger partial charge in [-0.25, -0.2) is 13.8 Å². The number of carbonyl (C=O) groups excluding carboxylic acids is 1. The number of nitro groups is 1. The van der Waals surface area contributed by atoms with Gasteiger partial charge in [-0.2, -0.15) is 0 Å². The molecule has 0 radical (unpaired) electrons. The molecule has 7 nitrogen and oxygen atoms in total. The molecule has 20 heavy (non-hydrogen) atoms. The lowest BCUT2D eigenvalue weighted by Crippen LogP contribution is -2.11. The van der Waals surface area contributed by atoms with Crippen LogP contribution in [0.25, 0.3) is 0 Å². The zero-order valence-corrected chi connectivity index (χ0v) is 10.8. The van der Waals surface area contributed by atoms with Gasteiger partial charge in [0.05, 0.1) is 30.8 Å². The van der Waals surface area contributed by atoms with Crippen LogP contribution in [-0.4, -0.2) is 29.6 Å². The molecule has 0 spiro atoms. The van der Waals surface area contributed by atoms with Crippen molar-refractivity contribution in [2.75, 3.05) is 13.7 Å². The van der Waals surface area contributed by atoms with Crippen LogP contribution in [0.3, 0.4) is 0 Å². The van der Waals surface area contributed by atoms with Crippen molar-refractivity contribution in [3.8, 4) is 5.75 Å². The van der Waals surface area contributed by atoms with E-state index in [-0.39, 0.29) is 12.3 Å². The maximum Gasteiger partial charge on any atom is 0.314 e. The molecular formula is C11H12F2N2O5. The Hall–Kier alpha value is -2.32. The van der Waals surface area contributed by atoms with Crippen LogP contribution in [-0.2, 0) is 16.0 Å². The molecule has 0 aliphatic rings. The molecule has 0 aliphatic heterocycles.